The highest BCUT2D eigenvalue weighted by Crippen LogP contribution is 2.16. The Hall–Kier alpha value is -1.26. The Morgan fingerprint density at radius 1 is 1.24 bits per heavy atom. The summed E-state index contributed by atoms with van der Waals surface area (Å²) in [6, 6.07) is 5.75. The fourth-order valence-electron chi connectivity index (χ4n) is 1.29. The number of hydrogen-bond donors (Lipinski definition) is 2. The molecular weight excluding hydrogens is 216 g/mol. The molecule has 0 aliphatic carbocycles. The van der Waals surface area contributed by atoms with Crippen molar-refractivity contribution in [3.63, 3.8) is 0 Å². The van der Waals surface area contributed by atoms with Gasteiger partial charge in [0.25, 0.3) is 0 Å². The second-order valence-corrected chi connectivity index (χ2v) is 3.99. The molecule has 0 saturated carbocycles. The van der Waals surface area contributed by atoms with Crippen LogP contribution in [0.15, 0.2) is 18.2 Å². The lowest BCUT2D eigenvalue weighted by molar-refractivity contribution is 0.0681. The molecule has 1 aromatic carbocycles. The first-order chi connectivity index (χ1) is 8.24. The van der Waals surface area contributed by atoms with Crippen molar-refractivity contribution < 1.29 is 9.57 Å². The molecule has 3 N–H and O–H groups in total. The summed E-state index contributed by atoms with van der Waals surface area (Å²) in [5.41, 5.74) is 11.3. The van der Waals surface area contributed by atoms with E-state index < -0.39 is 0 Å². The van der Waals surface area contributed by atoms with Crippen molar-refractivity contribution in [1.82, 2.24) is 0 Å². The number of benzene rings is 1. The van der Waals surface area contributed by atoms with Gasteiger partial charge in [-0.2, -0.15) is 0 Å². The van der Waals surface area contributed by atoms with E-state index in [1.54, 1.807) is 0 Å². The smallest absolute Gasteiger partial charge is 0.0979 e. The lowest BCUT2D eigenvalue weighted by Gasteiger charge is -2.09. The van der Waals surface area contributed by atoms with Gasteiger partial charge in [-0.1, -0.05) is 19.4 Å². The van der Waals surface area contributed by atoms with Gasteiger partial charge in [0.15, 0.2) is 0 Å². The van der Waals surface area contributed by atoms with Crippen LogP contribution in [0.4, 0.5) is 11.4 Å². The number of aryl methyl sites for hydroxylation is 1. The molecule has 4 heteroatoms. The summed E-state index contributed by atoms with van der Waals surface area (Å²) < 4.78 is 5.37. The van der Waals surface area contributed by atoms with Crippen LogP contribution in [0, 0.1) is 6.92 Å². The number of hydrogen-bond acceptors (Lipinski definition) is 4. The number of ether oxygens (including phenoxy) is 1. The molecule has 0 bridgehead atoms. The van der Waals surface area contributed by atoms with Crippen molar-refractivity contribution in [3.8, 4) is 0 Å². The van der Waals surface area contributed by atoms with E-state index in [0.29, 0.717) is 13.2 Å². The fraction of sp³-hybridized carbons (Fsp3) is 0.538. The average molecular weight is 238 g/mol. The third kappa shape index (κ3) is 5.56. The molecule has 0 fully saturated rings. The number of nitrogen functional groups attached to an aromatic ring is 1. The number of nitrogens with one attached hydrogen (secondary N) is 1. The molecule has 0 spiro atoms. The van der Waals surface area contributed by atoms with Crippen LogP contribution in [0.2, 0.25) is 0 Å². The van der Waals surface area contributed by atoms with E-state index in [9.17, 15) is 0 Å². The molecular formula is C13H22N2O2. The Kier molecular flexibility index (Phi) is 6.43. The molecule has 0 saturated heterocycles. The predicted molar refractivity (Wildman–Crippen MR) is 70.9 cm³/mol. The predicted octanol–water partition coefficient (Wildman–Crippen LogP) is 2.74. The van der Waals surface area contributed by atoms with Crippen molar-refractivity contribution in [3.05, 3.63) is 23.8 Å². The highest BCUT2D eigenvalue weighted by molar-refractivity contribution is 5.57. The molecule has 0 aromatic heterocycles. The van der Waals surface area contributed by atoms with E-state index in [0.717, 1.165) is 36.4 Å². The third-order valence-corrected chi connectivity index (χ3v) is 2.44. The van der Waals surface area contributed by atoms with Crippen LogP contribution in [-0.2, 0) is 9.57 Å². The van der Waals surface area contributed by atoms with Gasteiger partial charge in [0, 0.05) is 12.3 Å². The van der Waals surface area contributed by atoms with Crippen LogP contribution in [0.1, 0.15) is 25.3 Å². The van der Waals surface area contributed by atoms with Crippen molar-refractivity contribution in [1.29, 1.82) is 0 Å². The zero-order valence-electron chi connectivity index (χ0n) is 10.7. The molecule has 0 aliphatic rings. The molecule has 0 radical (unpaired) electrons. The molecule has 4 nitrogen and oxygen atoms in total. The fourth-order valence-corrected chi connectivity index (χ4v) is 1.29. The average Bonchev–Trinajstić information content (AvgIpc) is 2.32. The lowest BCUT2D eigenvalue weighted by Crippen LogP contribution is -2.09. The van der Waals surface area contributed by atoms with Crippen LogP contribution >= 0.6 is 0 Å². The second kappa shape index (κ2) is 7.92. The minimum absolute atomic E-state index is 0.525. The maximum atomic E-state index is 5.79. The Balaban J connectivity index is 2.11. The normalized spacial score (nSPS) is 10.5. The van der Waals surface area contributed by atoms with Gasteiger partial charge in [0.1, 0.15) is 0 Å². The molecule has 96 valence electrons. The molecule has 0 heterocycles. The highest BCUT2D eigenvalue weighted by Gasteiger charge is 1.96. The van der Waals surface area contributed by atoms with E-state index in [-0.39, 0.29) is 0 Å². The molecule has 0 unspecified atom stereocenters. The third-order valence-electron chi connectivity index (χ3n) is 2.44. The summed E-state index contributed by atoms with van der Waals surface area (Å²) in [7, 11) is 0. The van der Waals surface area contributed by atoms with Crippen molar-refractivity contribution in [2.75, 3.05) is 31.0 Å². The standard InChI is InChI=1S/C13H22N2O2/c1-3-4-7-16-8-9-17-15-12-6-5-11(2)13(14)10-12/h5-6,10,15H,3-4,7-9,14H2,1-2H3. The highest BCUT2D eigenvalue weighted by atomic mass is 16.7. The summed E-state index contributed by atoms with van der Waals surface area (Å²) in [5.74, 6) is 0. The van der Waals surface area contributed by atoms with Crippen LogP contribution in [0.5, 0.6) is 0 Å². The molecule has 17 heavy (non-hydrogen) atoms. The molecule has 1 rings (SSSR count). The van der Waals surface area contributed by atoms with Crippen molar-refractivity contribution in [2.45, 2.75) is 26.7 Å². The largest absolute Gasteiger partial charge is 0.398 e. The first-order valence-electron chi connectivity index (χ1n) is 6.05. The Morgan fingerprint density at radius 2 is 2.06 bits per heavy atom. The van der Waals surface area contributed by atoms with Gasteiger partial charge in [-0.05, 0) is 31.0 Å². The van der Waals surface area contributed by atoms with Crippen LogP contribution in [-0.4, -0.2) is 19.8 Å². The van der Waals surface area contributed by atoms with E-state index in [4.69, 9.17) is 15.3 Å². The number of rotatable bonds is 8. The first-order valence-corrected chi connectivity index (χ1v) is 6.05. The quantitative estimate of drug-likeness (QED) is 0.415. The summed E-state index contributed by atoms with van der Waals surface area (Å²) in [6.45, 7) is 6.05. The van der Waals surface area contributed by atoms with E-state index in [1.807, 2.05) is 25.1 Å². The minimum Gasteiger partial charge on any atom is -0.398 e. The summed E-state index contributed by atoms with van der Waals surface area (Å²) >= 11 is 0. The topological polar surface area (TPSA) is 56.5 Å². The molecule has 0 atom stereocenters. The second-order valence-electron chi connectivity index (χ2n) is 3.99. The van der Waals surface area contributed by atoms with Gasteiger partial charge >= 0.3 is 0 Å². The lowest BCUT2D eigenvalue weighted by atomic mass is 10.2. The van der Waals surface area contributed by atoms with Crippen LogP contribution < -0.4 is 11.2 Å². The Morgan fingerprint density at radius 3 is 2.76 bits per heavy atom. The minimum atomic E-state index is 0.525. The summed E-state index contributed by atoms with van der Waals surface area (Å²) in [6.07, 6.45) is 2.25. The maximum Gasteiger partial charge on any atom is 0.0979 e. The SMILES string of the molecule is CCCCOCCONc1ccc(C)c(N)c1. The number of anilines is 2. The van der Waals surface area contributed by atoms with E-state index >= 15 is 0 Å². The van der Waals surface area contributed by atoms with Crippen LogP contribution in [0.3, 0.4) is 0 Å². The number of nitrogens with two attached hydrogens (primary N) is 1. The number of unbranched alkanes of at least 4 members (excludes halogenated alkanes) is 1. The van der Waals surface area contributed by atoms with Gasteiger partial charge in [0.05, 0.1) is 18.9 Å². The first kappa shape index (κ1) is 13.8. The Labute approximate surface area is 103 Å². The van der Waals surface area contributed by atoms with Gasteiger partial charge < -0.3 is 10.5 Å². The monoisotopic (exact) mass is 238 g/mol. The van der Waals surface area contributed by atoms with Gasteiger partial charge in [-0.3, -0.25) is 10.3 Å². The zero-order chi connectivity index (χ0) is 12.5. The summed E-state index contributed by atoms with van der Waals surface area (Å²) in [5, 5.41) is 0. The zero-order valence-corrected chi connectivity index (χ0v) is 10.7. The Bertz CT molecular complexity index is 329. The summed E-state index contributed by atoms with van der Waals surface area (Å²) in [4.78, 5) is 5.26. The van der Waals surface area contributed by atoms with E-state index in [1.165, 1.54) is 0 Å². The van der Waals surface area contributed by atoms with E-state index in [2.05, 4.69) is 12.4 Å². The molecule has 0 aliphatic heterocycles. The molecule has 1 aromatic rings. The molecule has 0 amide bonds. The van der Waals surface area contributed by atoms with Gasteiger partial charge in [-0.15, -0.1) is 0 Å². The van der Waals surface area contributed by atoms with Crippen LogP contribution in [0.25, 0.3) is 0 Å². The van der Waals surface area contributed by atoms with Crippen molar-refractivity contribution >= 4 is 11.4 Å². The van der Waals surface area contributed by atoms with Crippen molar-refractivity contribution in [2.24, 2.45) is 0 Å². The van der Waals surface area contributed by atoms with Gasteiger partial charge in [-0.25, -0.2) is 0 Å². The van der Waals surface area contributed by atoms with Gasteiger partial charge in [0.2, 0.25) is 0 Å². The maximum absolute atomic E-state index is 5.79.